The summed E-state index contributed by atoms with van der Waals surface area (Å²) >= 11 is 0. The van der Waals surface area contributed by atoms with Crippen LogP contribution in [0.15, 0.2) is 42.6 Å². The minimum Gasteiger partial charge on any atom is -0.504 e. The quantitative estimate of drug-likeness (QED) is 0.355. The number of carbonyl (C=O) groups is 1. The highest BCUT2D eigenvalue weighted by Gasteiger charge is 2.49. The Bertz CT molecular complexity index is 1310. The van der Waals surface area contributed by atoms with Gasteiger partial charge < -0.3 is 18.6 Å². The van der Waals surface area contributed by atoms with Crippen molar-refractivity contribution in [1.82, 2.24) is 4.57 Å². The minimum atomic E-state index is -6.02. The van der Waals surface area contributed by atoms with Gasteiger partial charge in [0.2, 0.25) is 0 Å². The van der Waals surface area contributed by atoms with E-state index in [1.165, 1.54) is 35.0 Å². The van der Waals surface area contributed by atoms with Crippen molar-refractivity contribution in [2.75, 3.05) is 6.61 Å². The molecule has 2 aromatic carbocycles. The lowest BCUT2D eigenvalue weighted by Gasteiger charge is -2.12. The van der Waals surface area contributed by atoms with Crippen molar-refractivity contribution in [3.63, 3.8) is 0 Å². The predicted octanol–water partition coefficient (Wildman–Crippen LogP) is 3.61. The number of benzene rings is 2. The zero-order chi connectivity index (χ0) is 23.0. The Labute approximate surface area is 173 Å². The molecule has 0 radical (unpaired) electrons. The maximum atomic E-state index is 12.6. The number of hydrogen-bond donors (Lipinski definition) is 1. The van der Waals surface area contributed by atoms with Crippen LogP contribution in [0.5, 0.6) is 11.5 Å². The first-order chi connectivity index (χ1) is 14.5. The maximum Gasteiger partial charge on any atom is 0.534 e. The van der Waals surface area contributed by atoms with Gasteiger partial charge in [-0.25, -0.2) is 4.79 Å². The Kier molecular flexibility index (Phi) is 5.56. The lowest BCUT2D eigenvalue weighted by atomic mass is 10.1. The Hall–Kier alpha value is -3.72. The molecule has 0 spiro atoms. The van der Waals surface area contributed by atoms with Crippen LogP contribution in [0.1, 0.15) is 22.8 Å². The van der Waals surface area contributed by atoms with Crippen LogP contribution in [0.4, 0.5) is 13.2 Å². The van der Waals surface area contributed by atoms with E-state index in [9.17, 15) is 36.8 Å². The van der Waals surface area contributed by atoms with Crippen molar-refractivity contribution in [3.8, 4) is 23.3 Å². The normalized spacial score (nSPS) is 11.8. The molecule has 162 valence electrons. The highest BCUT2D eigenvalue weighted by Crippen LogP contribution is 2.38. The van der Waals surface area contributed by atoms with E-state index in [1.807, 2.05) is 6.07 Å². The molecular formula is C19H13F3N2O6S. The lowest BCUT2D eigenvalue weighted by Crippen LogP contribution is -2.28. The molecule has 1 aromatic heterocycles. The van der Waals surface area contributed by atoms with Crippen molar-refractivity contribution in [2.45, 2.75) is 12.4 Å². The lowest BCUT2D eigenvalue weighted by molar-refractivity contribution is -0.0500. The fourth-order valence-electron chi connectivity index (χ4n) is 2.75. The summed E-state index contributed by atoms with van der Waals surface area (Å²) < 4.78 is 70.6. The number of nitrogens with zero attached hydrogens (tertiary/aromatic N) is 2. The number of fused-ring (bicyclic) bond motifs is 1. The number of aromatic nitrogens is 1. The van der Waals surface area contributed by atoms with Crippen molar-refractivity contribution >= 4 is 27.0 Å². The number of phenolic OH excluding ortho intramolecular Hbond substituents is 1. The molecular weight excluding hydrogens is 441 g/mol. The molecule has 0 fully saturated rings. The van der Waals surface area contributed by atoms with E-state index in [0.29, 0.717) is 5.69 Å². The summed E-state index contributed by atoms with van der Waals surface area (Å²) in [5.74, 6) is -2.39. The average Bonchev–Trinajstić information content (AvgIpc) is 3.05. The number of aromatic hydroxyl groups is 1. The third-order valence-corrected chi connectivity index (χ3v) is 5.11. The van der Waals surface area contributed by atoms with Gasteiger partial charge in [0.1, 0.15) is 6.07 Å². The first-order valence-corrected chi connectivity index (χ1v) is 9.95. The van der Waals surface area contributed by atoms with Gasteiger partial charge >= 0.3 is 21.6 Å². The molecule has 1 heterocycles. The van der Waals surface area contributed by atoms with Gasteiger partial charge in [-0.3, -0.25) is 0 Å². The van der Waals surface area contributed by atoms with E-state index in [0.717, 1.165) is 12.1 Å². The predicted molar refractivity (Wildman–Crippen MR) is 101 cm³/mol. The van der Waals surface area contributed by atoms with Gasteiger partial charge in [-0.1, -0.05) is 0 Å². The highest BCUT2D eigenvalue weighted by molar-refractivity contribution is 7.88. The average molecular weight is 454 g/mol. The molecule has 0 bridgehead atoms. The Morgan fingerprint density at radius 3 is 2.42 bits per heavy atom. The SMILES string of the molecule is CCOC(=O)c1ccc(-n2cc(C#N)c3cc(OS(=O)(=O)C(F)(F)F)c(O)cc32)cc1. The number of rotatable bonds is 5. The second kappa shape index (κ2) is 7.84. The van der Waals surface area contributed by atoms with Crippen LogP contribution in [-0.2, 0) is 14.9 Å². The van der Waals surface area contributed by atoms with E-state index < -0.39 is 33.1 Å². The standard InChI is InChI=1S/C19H13F3N2O6S/c1-2-29-18(26)11-3-5-13(6-4-11)24-10-12(9-23)14-7-17(16(25)8-15(14)24)30-31(27,28)19(20,21)22/h3-8,10,25H,2H2,1H3. The van der Waals surface area contributed by atoms with E-state index >= 15 is 0 Å². The molecule has 0 saturated heterocycles. The summed E-state index contributed by atoms with van der Waals surface area (Å²) in [6.45, 7) is 1.86. The largest absolute Gasteiger partial charge is 0.534 e. The van der Waals surface area contributed by atoms with E-state index in [4.69, 9.17) is 4.74 Å². The molecule has 1 N–H and O–H groups in total. The third-order valence-electron chi connectivity index (χ3n) is 4.15. The number of hydrogen-bond acceptors (Lipinski definition) is 7. The van der Waals surface area contributed by atoms with Crippen LogP contribution >= 0.6 is 0 Å². The molecule has 0 aliphatic rings. The van der Waals surface area contributed by atoms with Crippen molar-refractivity contribution in [2.24, 2.45) is 0 Å². The molecule has 0 saturated carbocycles. The van der Waals surface area contributed by atoms with Gasteiger partial charge in [0, 0.05) is 23.3 Å². The topological polar surface area (TPSA) is 119 Å². The number of nitriles is 1. The molecule has 3 aromatic rings. The highest BCUT2D eigenvalue weighted by atomic mass is 32.2. The van der Waals surface area contributed by atoms with Gasteiger partial charge in [0.25, 0.3) is 0 Å². The molecule has 0 amide bonds. The van der Waals surface area contributed by atoms with E-state index in [1.54, 1.807) is 6.92 Å². The third kappa shape index (κ3) is 4.13. The summed E-state index contributed by atoms with van der Waals surface area (Å²) in [6, 6.07) is 9.64. The fraction of sp³-hybridized carbons (Fsp3) is 0.158. The molecule has 0 unspecified atom stereocenters. The summed E-state index contributed by atoms with van der Waals surface area (Å²) in [5.41, 5.74) is -4.79. The summed E-state index contributed by atoms with van der Waals surface area (Å²) in [7, 11) is -6.02. The van der Waals surface area contributed by atoms with Crippen LogP contribution in [0, 0.1) is 11.3 Å². The van der Waals surface area contributed by atoms with Crippen LogP contribution in [0.25, 0.3) is 16.6 Å². The molecule has 3 rings (SSSR count). The summed E-state index contributed by atoms with van der Waals surface area (Å²) in [6.07, 6.45) is 1.34. The van der Waals surface area contributed by atoms with Crippen LogP contribution in [-0.4, -0.2) is 36.2 Å². The van der Waals surface area contributed by atoms with Crippen LogP contribution in [0.3, 0.4) is 0 Å². The van der Waals surface area contributed by atoms with Crippen LogP contribution in [0.2, 0.25) is 0 Å². The molecule has 0 aliphatic carbocycles. The Morgan fingerprint density at radius 1 is 1.23 bits per heavy atom. The van der Waals surface area contributed by atoms with Gasteiger partial charge in [-0.05, 0) is 37.3 Å². The number of carbonyl (C=O) groups excluding carboxylic acids is 1. The number of ether oxygens (including phenoxy) is 1. The summed E-state index contributed by atoms with van der Waals surface area (Å²) in [4.78, 5) is 11.8. The van der Waals surface area contributed by atoms with E-state index in [-0.39, 0.29) is 28.6 Å². The second-order valence-electron chi connectivity index (χ2n) is 6.11. The molecule has 31 heavy (non-hydrogen) atoms. The fourth-order valence-corrected chi connectivity index (χ4v) is 3.21. The molecule has 0 aliphatic heterocycles. The first-order valence-electron chi connectivity index (χ1n) is 8.55. The summed E-state index contributed by atoms with van der Waals surface area (Å²) in [5, 5.41) is 19.5. The Balaban J connectivity index is 2.09. The second-order valence-corrected chi connectivity index (χ2v) is 7.65. The smallest absolute Gasteiger partial charge is 0.504 e. The zero-order valence-corrected chi connectivity index (χ0v) is 16.5. The first kappa shape index (κ1) is 22.0. The van der Waals surface area contributed by atoms with Gasteiger partial charge in [-0.2, -0.15) is 26.9 Å². The number of esters is 1. The Morgan fingerprint density at radius 2 is 1.87 bits per heavy atom. The van der Waals surface area contributed by atoms with Crippen molar-refractivity contribution in [1.29, 1.82) is 5.26 Å². The number of alkyl halides is 3. The zero-order valence-electron chi connectivity index (χ0n) is 15.7. The number of phenols is 1. The maximum absolute atomic E-state index is 12.6. The van der Waals surface area contributed by atoms with E-state index in [2.05, 4.69) is 4.18 Å². The molecule has 12 heteroatoms. The minimum absolute atomic E-state index is 0.0151. The van der Waals surface area contributed by atoms with Gasteiger partial charge in [-0.15, -0.1) is 0 Å². The molecule has 0 atom stereocenters. The monoisotopic (exact) mass is 454 g/mol. The van der Waals surface area contributed by atoms with Gasteiger partial charge in [0.15, 0.2) is 11.5 Å². The van der Waals surface area contributed by atoms with Crippen molar-refractivity contribution in [3.05, 3.63) is 53.7 Å². The number of halogens is 3. The van der Waals surface area contributed by atoms with Crippen LogP contribution < -0.4 is 4.18 Å². The van der Waals surface area contributed by atoms with Crippen molar-refractivity contribution < 1.29 is 40.4 Å². The van der Waals surface area contributed by atoms with Gasteiger partial charge in [0.05, 0.1) is 23.3 Å². The molecule has 8 nitrogen and oxygen atoms in total.